The van der Waals surface area contributed by atoms with Gasteiger partial charge in [-0.15, -0.1) is 11.8 Å². The maximum atomic E-state index is 13.3. The summed E-state index contributed by atoms with van der Waals surface area (Å²) in [6.07, 6.45) is 0. The molecule has 2 rings (SSSR count). The molecule has 0 saturated heterocycles. The van der Waals surface area contributed by atoms with Gasteiger partial charge in [0.15, 0.2) is 6.61 Å². The second-order valence-corrected chi connectivity index (χ2v) is 6.88. The Morgan fingerprint density at radius 2 is 1.89 bits per heavy atom. The molecule has 28 heavy (non-hydrogen) atoms. The Balaban J connectivity index is 1.97. The molecule has 0 spiro atoms. The molecule has 2 N–H and O–H groups in total. The van der Waals surface area contributed by atoms with E-state index < -0.39 is 18.5 Å². The zero-order valence-corrected chi connectivity index (χ0v) is 16.2. The largest absolute Gasteiger partial charge is 0.452 e. The molecule has 6 nitrogen and oxygen atoms in total. The van der Waals surface area contributed by atoms with E-state index in [2.05, 4.69) is 0 Å². The number of nitrogens with two attached hydrogens (primary N) is 1. The van der Waals surface area contributed by atoms with Gasteiger partial charge < -0.3 is 15.4 Å². The summed E-state index contributed by atoms with van der Waals surface area (Å²) in [5, 5.41) is 0. The van der Waals surface area contributed by atoms with Crippen molar-refractivity contribution in [2.75, 3.05) is 18.9 Å². The molecule has 2 aromatic carbocycles. The Morgan fingerprint density at radius 3 is 2.57 bits per heavy atom. The molecule has 0 fully saturated rings. The smallest absolute Gasteiger partial charge is 0.339 e. The van der Waals surface area contributed by atoms with Gasteiger partial charge in [-0.1, -0.05) is 24.3 Å². The number of likely N-dealkylation sites (N-methyl/N-ethyl adjacent to an activating group) is 1. The van der Waals surface area contributed by atoms with Crippen LogP contribution < -0.4 is 5.73 Å². The van der Waals surface area contributed by atoms with Crippen LogP contribution in [0, 0.1) is 5.82 Å². The van der Waals surface area contributed by atoms with Crippen LogP contribution in [0.15, 0.2) is 53.4 Å². The third-order valence-electron chi connectivity index (χ3n) is 3.80. The first-order valence-electron chi connectivity index (χ1n) is 8.60. The maximum Gasteiger partial charge on any atom is 0.339 e. The Bertz CT molecular complexity index is 860. The van der Waals surface area contributed by atoms with Gasteiger partial charge in [0.25, 0.3) is 5.91 Å². The monoisotopic (exact) mass is 404 g/mol. The van der Waals surface area contributed by atoms with Gasteiger partial charge in [0.1, 0.15) is 5.82 Å². The van der Waals surface area contributed by atoms with Crippen molar-refractivity contribution < 1.29 is 23.5 Å². The van der Waals surface area contributed by atoms with E-state index in [1.54, 1.807) is 43.3 Å². The fourth-order valence-electron chi connectivity index (χ4n) is 2.44. The summed E-state index contributed by atoms with van der Waals surface area (Å²) in [4.78, 5) is 37.7. The van der Waals surface area contributed by atoms with E-state index in [9.17, 15) is 18.8 Å². The van der Waals surface area contributed by atoms with Crippen molar-refractivity contribution >= 4 is 29.5 Å². The van der Waals surface area contributed by atoms with Crippen molar-refractivity contribution in [3.05, 3.63) is 65.5 Å². The van der Waals surface area contributed by atoms with Crippen LogP contribution in [0.2, 0.25) is 0 Å². The molecule has 0 heterocycles. The lowest BCUT2D eigenvalue weighted by Crippen LogP contribution is -2.34. The highest BCUT2D eigenvalue weighted by Gasteiger charge is 2.18. The third kappa shape index (κ3) is 6.38. The number of hydrogen-bond acceptors (Lipinski definition) is 5. The Morgan fingerprint density at radius 1 is 1.14 bits per heavy atom. The molecule has 2 aromatic rings. The Hall–Kier alpha value is -2.87. The Labute approximate surface area is 166 Å². The quantitative estimate of drug-likeness (QED) is 0.513. The molecule has 0 aliphatic rings. The number of ether oxygens (including phenoxy) is 1. The number of esters is 1. The summed E-state index contributed by atoms with van der Waals surface area (Å²) < 4.78 is 18.5. The number of thioether (sulfide) groups is 1. The molecule has 0 aromatic heterocycles. The number of halogens is 1. The van der Waals surface area contributed by atoms with Crippen LogP contribution in [-0.4, -0.2) is 41.6 Å². The van der Waals surface area contributed by atoms with Crippen LogP contribution in [0.4, 0.5) is 4.39 Å². The average molecular weight is 404 g/mol. The van der Waals surface area contributed by atoms with E-state index in [0.717, 1.165) is 11.8 Å². The summed E-state index contributed by atoms with van der Waals surface area (Å²) in [7, 11) is 0. The first kappa shape index (κ1) is 21.4. The number of primary amides is 1. The van der Waals surface area contributed by atoms with Crippen LogP contribution in [0.5, 0.6) is 0 Å². The van der Waals surface area contributed by atoms with E-state index >= 15 is 0 Å². The number of nitrogens with zero attached hydrogens (tertiary/aromatic N) is 1. The summed E-state index contributed by atoms with van der Waals surface area (Å²) in [5.41, 5.74) is 6.04. The van der Waals surface area contributed by atoms with Gasteiger partial charge in [-0.05, 0) is 36.8 Å². The van der Waals surface area contributed by atoms with Gasteiger partial charge in [0.2, 0.25) is 5.91 Å². The van der Waals surface area contributed by atoms with Gasteiger partial charge in [0, 0.05) is 18.0 Å². The van der Waals surface area contributed by atoms with Crippen molar-refractivity contribution in [2.24, 2.45) is 5.73 Å². The normalized spacial score (nSPS) is 10.4. The fourth-order valence-corrected chi connectivity index (χ4v) is 3.22. The molecule has 0 atom stereocenters. The molecule has 0 saturated carbocycles. The number of rotatable bonds is 9. The number of amides is 2. The highest BCUT2D eigenvalue weighted by atomic mass is 32.2. The van der Waals surface area contributed by atoms with Gasteiger partial charge in [-0.25, -0.2) is 9.18 Å². The van der Waals surface area contributed by atoms with Crippen LogP contribution in [-0.2, 0) is 20.9 Å². The summed E-state index contributed by atoms with van der Waals surface area (Å²) >= 11 is 1.13. The predicted molar refractivity (Wildman–Crippen MR) is 104 cm³/mol. The minimum absolute atomic E-state index is 0.0282. The number of carbonyl (C=O) groups is 3. The van der Waals surface area contributed by atoms with Gasteiger partial charge in [-0.3, -0.25) is 9.59 Å². The fraction of sp³-hybridized carbons (Fsp3) is 0.250. The molecule has 0 bridgehead atoms. The highest BCUT2D eigenvalue weighted by molar-refractivity contribution is 8.00. The number of carbonyl (C=O) groups excluding carboxylic acids is 3. The minimum atomic E-state index is -0.664. The molecule has 0 aliphatic carbocycles. The van der Waals surface area contributed by atoms with Crippen molar-refractivity contribution in [3.8, 4) is 0 Å². The van der Waals surface area contributed by atoms with Crippen LogP contribution in [0.1, 0.15) is 22.8 Å². The van der Waals surface area contributed by atoms with Gasteiger partial charge >= 0.3 is 5.97 Å². The third-order valence-corrected chi connectivity index (χ3v) is 4.90. The molecule has 0 aliphatic heterocycles. The first-order valence-corrected chi connectivity index (χ1v) is 9.58. The topological polar surface area (TPSA) is 89.7 Å². The molecule has 2 amide bonds. The van der Waals surface area contributed by atoms with Crippen LogP contribution >= 0.6 is 11.8 Å². The van der Waals surface area contributed by atoms with Crippen molar-refractivity contribution in [1.29, 1.82) is 0 Å². The highest BCUT2D eigenvalue weighted by Crippen LogP contribution is 2.23. The second-order valence-electron chi connectivity index (χ2n) is 5.87. The lowest BCUT2D eigenvalue weighted by atomic mass is 10.2. The lowest BCUT2D eigenvalue weighted by Gasteiger charge is -2.21. The maximum absolute atomic E-state index is 13.3. The average Bonchev–Trinajstić information content (AvgIpc) is 2.68. The Kier molecular flexibility index (Phi) is 8.01. The molecular formula is C20H21FN2O4S. The molecule has 148 valence electrons. The van der Waals surface area contributed by atoms with Crippen molar-refractivity contribution in [3.63, 3.8) is 0 Å². The first-order chi connectivity index (χ1) is 13.4. The number of benzene rings is 2. The standard InChI is InChI=1S/C20H21FN2O4S/c1-2-23(11-14-6-5-7-15(21)10-14)19(25)12-27-20(26)16-8-3-4-9-17(16)28-13-18(22)24/h3-10H,2,11-13H2,1H3,(H2,22,24). The molecule has 0 radical (unpaired) electrons. The zero-order chi connectivity index (χ0) is 20.5. The van der Waals surface area contributed by atoms with Gasteiger partial charge in [-0.2, -0.15) is 0 Å². The van der Waals surface area contributed by atoms with Crippen LogP contribution in [0.3, 0.4) is 0 Å². The molecule has 8 heteroatoms. The second kappa shape index (κ2) is 10.5. The summed E-state index contributed by atoms with van der Waals surface area (Å²) in [6.45, 7) is 1.96. The van der Waals surface area contributed by atoms with Crippen molar-refractivity contribution in [1.82, 2.24) is 4.90 Å². The van der Waals surface area contributed by atoms with E-state index in [1.807, 2.05) is 0 Å². The van der Waals surface area contributed by atoms with Gasteiger partial charge in [0.05, 0.1) is 11.3 Å². The molecule has 0 unspecified atom stereocenters. The lowest BCUT2D eigenvalue weighted by molar-refractivity contribution is -0.135. The van der Waals surface area contributed by atoms with E-state index in [0.29, 0.717) is 17.0 Å². The summed E-state index contributed by atoms with van der Waals surface area (Å²) in [6, 6.07) is 12.6. The summed E-state index contributed by atoms with van der Waals surface area (Å²) in [5.74, 6) is -1.90. The van der Waals surface area contributed by atoms with E-state index in [4.69, 9.17) is 10.5 Å². The SMILES string of the molecule is CCN(Cc1cccc(F)c1)C(=O)COC(=O)c1ccccc1SCC(N)=O. The minimum Gasteiger partial charge on any atom is -0.452 e. The van der Waals surface area contributed by atoms with E-state index in [1.165, 1.54) is 17.0 Å². The predicted octanol–water partition coefficient (Wildman–Crippen LogP) is 2.61. The van der Waals surface area contributed by atoms with Crippen LogP contribution in [0.25, 0.3) is 0 Å². The molecular weight excluding hydrogens is 383 g/mol. The zero-order valence-electron chi connectivity index (χ0n) is 15.4. The van der Waals surface area contributed by atoms with E-state index in [-0.39, 0.29) is 29.6 Å². The van der Waals surface area contributed by atoms with Crippen molar-refractivity contribution in [2.45, 2.75) is 18.4 Å². The number of hydrogen-bond donors (Lipinski definition) is 1.